The van der Waals surface area contributed by atoms with Crippen molar-refractivity contribution < 1.29 is 14.0 Å². The Morgan fingerprint density at radius 1 is 1.20 bits per heavy atom. The molecule has 3 aromatic rings. The topological polar surface area (TPSA) is 122 Å². The molecule has 1 aliphatic carbocycles. The molecule has 1 unspecified atom stereocenters. The first-order valence-electron chi connectivity index (χ1n) is 11.7. The van der Waals surface area contributed by atoms with Crippen LogP contribution < -0.4 is 16.0 Å². The molecule has 182 valence electrons. The molecule has 5 rings (SSSR count). The van der Waals surface area contributed by atoms with Gasteiger partial charge in [-0.2, -0.15) is 0 Å². The number of aromatic nitrogens is 4. The number of carbonyl (C=O) groups excluding carboxylic acids is 2. The van der Waals surface area contributed by atoms with Gasteiger partial charge in [0.2, 0.25) is 11.8 Å². The lowest BCUT2D eigenvalue weighted by molar-refractivity contribution is -0.131. The molecule has 3 aromatic heterocycles. The summed E-state index contributed by atoms with van der Waals surface area (Å²) in [5, 5.41) is 18.1. The van der Waals surface area contributed by atoms with E-state index in [1.807, 2.05) is 12.1 Å². The fourth-order valence-electron chi connectivity index (χ4n) is 4.48. The monoisotopic (exact) mass is 495 g/mol. The fraction of sp³-hybridized carbons (Fsp3) is 0.417. The Morgan fingerprint density at radius 2 is 2.09 bits per heavy atom. The van der Waals surface area contributed by atoms with Crippen LogP contribution in [0.2, 0.25) is 0 Å². The van der Waals surface area contributed by atoms with Crippen LogP contribution in [-0.4, -0.2) is 44.6 Å². The fourth-order valence-corrected chi connectivity index (χ4v) is 5.30. The molecular weight excluding hydrogens is 469 g/mol. The van der Waals surface area contributed by atoms with Crippen LogP contribution in [0, 0.1) is 5.82 Å². The van der Waals surface area contributed by atoms with E-state index in [0.29, 0.717) is 48.1 Å². The van der Waals surface area contributed by atoms with Gasteiger partial charge in [0.05, 0.1) is 12.2 Å². The van der Waals surface area contributed by atoms with E-state index in [9.17, 15) is 14.0 Å². The van der Waals surface area contributed by atoms with E-state index in [2.05, 4.69) is 36.1 Å². The summed E-state index contributed by atoms with van der Waals surface area (Å²) in [6.07, 6.45) is 7.99. The van der Waals surface area contributed by atoms with Crippen LogP contribution in [-0.2, 0) is 21.5 Å². The molecule has 1 atom stereocenters. The molecule has 2 aliphatic rings. The number of rotatable bonds is 8. The molecule has 1 saturated heterocycles. The van der Waals surface area contributed by atoms with Crippen molar-refractivity contribution in [1.29, 1.82) is 0 Å². The van der Waals surface area contributed by atoms with Gasteiger partial charge in [-0.3, -0.25) is 14.6 Å². The van der Waals surface area contributed by atoms with Crippen LogP contribution in [0.4, 0.5) is 10.2 Å². The molecule has 0 spiro atoms. The number of hydrogen-bond acceptors (Lipinski definition) is 8. The molecule has 4 heterocycles. The number of thiazole rings is 1. The number of carbonyl (C=O) groups is 2. The summed E-state index contributed by atoms with van der Waals surface area (Å²) >= 11 is 1.42. The summed E-state index contributed by atoms with van der Waals surface area (Å²) in [5.41, 5.74) is 0.823. The second kappa shape index (κ2) is 10.0. The van der Waals surface area contributed by atoms with Crippen molar-refractivity contribution >= 4 is 29.0 Å². The van der Waals surface area contributed by atoms with Gasteiger partial charge in [0.15, 0.2) is 0 Å². The lowest BCUT2D eigenvalue weighted by Crippen LogP contribution is -2.48. The molecule has 0 radical (unpaired) electrons. The molecule has 1 aliphatic heterocycles. The zero-order valence-electron chi connectivity index (χ0n) is 19.1. The first-order chi connectivity index (χ1) is 17.0. The first-order valence-corrected chi connectivity index (χ1v) is 12.5. The van der Waals surface area contributed by atoms with E-state index in [4.69, 9.17) is 0 Å². The van der Waals surface area contributed by atoms with Gasteiger partial charge in [-0.15, -0.1) is 21.5 Å². The minimum absolute atomic E-state index is 0.0836. The van der Waals surface area contributed by atoms with E-state index < -0.39 is 6.04 Å². The highest BCUT2D eigenvalue weighted by molar-refractivity contribution is 7.15. The van der Waals surface area contributed by atoms with E-state index in [0.717, 1.165) is 30.6 Å². The van der Waals surface area contributed by atoms with Crippen molar-refractivity contribution in [1.82, 2.24) is 30.8 Å². The van der Waals surface area contributed by atoms with Gasteiger partial charge in [0, 0.05) is 35.7 Å². The van der Waals surface area contributed by atoms with Crippen LogP contribution in [0.15, 0.2) is 36.7 Å². The predicted octanol–water partition coefficient (Wildman–Crippen LogP) is 2.95. The maximum absolute atomic E-state index is 14.3. The number of hydrogen-bond donors (Lipinski definition) is 3. The highest BCUT2D eigenvalue weighted by atomic mass is 32.1. The Bertz CT molecular complexity index is 1210. The largest absolute Gasteiger partial charge is 0.368 e. The molecule has 3 N–H and O–H groups in total. The minimum Gasteiger partial charge on any atom is -0.368 e. The van der Waals surface area contributed by atoms with E-state index in [1.54, 1.807) is 18.5 Å². The second-order valence-electron chi connectivity index (χ2n) is 8.99. The summed E-state index contributed by atoms with van der Waals surface area (Å²) in [4.78, 5) is 33.4. The van der Waals surface area contributed by atoms with E-state index in [1.165, 1.54) is 17.4 Å². The summed E-state index contributed by atoms with van der Waals surface area (Å²) < 4.78 is 14.3. The van der Waals surface area contributed by atoms with Crippen molar-refractivity contribution in [3.05, 3.63) is 53.0 Å². The van der Waals surface area contributed by atoms with Gasteiger partial charge >= 0.3 is 0 Å². The van der Waals surface area contributed by atoms with E-state index in [-0.39, 0.29) is 23.0 Å². The highest BCUT2D eigenvalue weighted by Gasteiger charge is 2.41. The number of anilines is 1. The first kappa shape index (κ1) is 23.3. The number of nitrogens with one attached hydrogen (secondary N) is 3. The quantitative estimate of drug-likeness (QED) is 0.439. The van der Waals surface area contributed by atoms with Crippen LogP contribution in [0.25, 0.3) is 10.7 Å². The van der Waals surface area contributed by atoms with Crippen LogP contribution >= 0.6 is 11.3 Å². The molecule has 9 nitrogen and oxygen atoms in total. The highest BCUT2D eigenvalue weighted by Crippen LogP contribution is 2.43. The van der Waals surface area contributed by atoms with Gasteiger partial charge in [-0.1, -0.05) is 6.42 Å². The van der Waals surface area contributed by atoms with Crippen molar-refractivity contribution in [2.45, 2.75) is 56.5 Å². The summed E-state index contributed by atoms with van der Waals surface area (Å²) in [6.45, 7) is 0.875. The lowest BCUT2D eigenvalue weighted by Gasteiger charge is -2.41. The van der Waals surface area contributed by atoms with Gasteiger partial charge in [0.25, 0.3) is 0 Å². The number of piperidine rings is 1. The van der Waals surface area contributed by atoms with Crippen LogP contribution in [0.5, 0.6) is 0 Å². The summed E-state index contributed by atoms with van der Waals surface area (Å²) in [6, 6.07) is 6.26. The maximum atomic E-state index is 14.3. The van der Waals surface area contributed by atoms with Crippen LogP contribution in [0.3, 0.4) is 0 Å². The average molecular weight is 496 g/mol. The third-order valence-electron chi connectivity index (χ3n) is 6.60. The van der Waals surface area contributed by atoms with Crippen molar-refractivity contribution in [3.8, 4) is 10.7 Å². The summed E-state index contributed by atoms with van der Waals surface area (Å²) in [5.74, 6) is 0.0717. The van der Waals surface area contributed by atoms with Crippen molar-refractivity contribution in [2.24, 2.45) is 0 Å². The molecular formula is C24H26FN7O2S. The maximum Gasteiger partial charge on any atom is 0.242 e. The minimum atomic E-state index is -0.470. The molecule has 2 amide bonds. The Morgan fingerprint density at radius 3 is 2.80 bits per heavy atom. The predicted molar refractivity (Wildman–Crippen MR) is 129 cm³/mol. The summed E-state index contributed by atoms with van der Waals surface area (Å²) in [7, 11) is 0. The molecule has 2 fully saturated rings. The SMILES string of the molecule is O=C1CCCC(C(=O)NCc2cnc(-c3ccc(NCC4(c5ncccc5F)CCC4)nn3)s2)N1. The third kappa shape index (κ3) is 5.14. The van der Waals surface area contributed by atoms with Gasteiger partial charge in [-0.25, -0.2) is 9.37 Å². The zero-order valence-corrected chi connectivity index (χ0v) is 19.9. The Hall–Kier alpha value is -3.47. The number of halogens is 1. The van der Waals surface area contributed by atoms with Gasteiger partial charge < -0.3 is 16.0 Å². The number of pyridine rings is 1. The standard InChI is InChI=1S/C24H26FN7O2S/c25-16-4-2-11-26-21(16)24(9-3-10-24)14-29-19-8-7-18(31-32-19)23-28-13-15(35-23)12-27-22(34)17-5-1-6-20(33)30-17/h2,4,7-8,11,13,17H,1,3,5-6,9-10,12,14H2,(H,27,34)(H,29,32)(H,30,33). The van der Waals surface area contributed by atoms with Crippen LogP contribution in [0.1, 0.15) is 49.1 Å². The molecule has 35 heavy (non-hydrogen) atoms. The molecule has 0 bridgehead atoms. The Balaban J connectivity index is 1.16. The normalized spacial score (nSPS) is 18.9. The van der Waals surface area contributed by atoms with E-state index >= 15 is 0 Å². The van der Waals surface area contributed by atoms with Crippen molar-refractivity contribution in [2.75, 3.05) is 11.9 Å². The van der Waals surface area contributed by atoms with Gasteiger partial charge in [0.1, 0.15) is 28.4 Å². The second-order valence-corrected chi connectivity index (χ2v) is 10.1. The molecule has 0 aromatic carbocycles. The smallest absolute Gasteiger partial charge is 0.242 e. The van der Waals surface area contributed by atoms with Crippen molar-refractivity contribution in [3.63, 3.8) is 0 Å². The Kier molecular flexibility index (Phi) is 6.67. The zero-order chi connectivity index (χ0) is 24.3. The molecule has 11 heteroatoms. The van der Waals surface area contributed by atoms with Gasteiger partial charge in [-0.05, 0) is 49.9 Å². The average Bonchev–Trinajstić information content (AvgIpc) is 3.32. The number of nitrogens with zero attached hydrogens (tertiary/aromatic N) is 4. The Labute approximate surface area is 206 Å². The molecule has 1 saturated carbocycles. The lowest BCUT2D eigenvalue weighted by atomic mass is 9.66. The number of amides is 2. The third-order valence-corrected chi connectivity index (χ3v) is 7.62.